The van der Waals surface area contributed by atoms with Crippen molar-refractivity contribution in [2.24, 2.45) is 0 Å². The molecule has 2 heteroatoms. The maximum atomic E-state index is 13.4. The van der Waals surface area contributed by atoms with Crippen LogP contribution in [0.5, 0.6) is 0 Å². The molecule has 2 aromatic rings. The Morgan fingerprint density at radius 1 is 0.929 bits per heavy atom. The lowest BCUT2D eigenvalue weighted by Gasteiger charge is -2.02. The number of rotatable bonds is 0. The average Bonchev–Trinajstić information content (AvgIpc) is 2.51. The molecule has 3 rings (SSSR count). The molecule has 1 aliphatic carbocycles. The van der Waals surface area contributed by atoms with E-state index in [0.29, 0.717) is 5.39 Å². The van der Waals surface area contributed by atoms with Gasteiger partial charge in [0.25, 0.3) is 0 Å². The van der Waals surface area contributed by atoms with Crippen LogP contribution in [0.2, 0.25) is 0 Å². The van der Waals surface area contributed by atoms with Gasteiger partial charge in [0.15, 0.2) is 0 Å². The van der Waals surface area contributed by atoms with Crippen LogP contribution in [0.25, 0.3) is 22.7 Å². The van der Waals surface area contributed by atoms with Gasteiger partial charge in [-0.15, -0.1) is 0 Å². The van der Waals surface area contributed by atoms with E-state index in [1.807, 2.05) is 12.1 Å². The van der Waals surface area contributed by atoms with E-state index in [2.05, 4.69) is 0 Å². The summed E-state index contributed by atoms with van der Waals surface area (Å²) in [7, 11) is 0. The molecule has 0 nitrogen and oxygen atoms in total. The van der Waals surface area contributed by atoms with Crippen molar-refractivity contribution in [3.8, 4) is 0 Å². The van der Waals surface area contributed by atoms with Crippen molar-refractivity contribution in [2.45, 2.75) is 0 Å². The maximum absolute atomic E-state index is 13.4. The minimum Gasteiger partial charge on any atom is -0.206 e. The summed E-state index contributed by atoms with van der Waals surface area (Å²) in [4.78, 5) is 0. The lowest BCUT2D eigenvalue weighted by Crippen LogP contribution is -1.85. The molecule has 14 heavy (non-hydrogen) atoms. The van der Waals surface area contributed by atoms with Crippen LogP contribution in [0, 0.1) is 5.82 Å². The second-order valence-electron chi connectivity index (χ2n) is 3.36. The van der Waals surface area contributed by atoms with Gasteiger partial charge in [-0.3, -0.25) is 0 Å². The number of halogens is 2. The van der Waals surface area contributed by atoms with Crippen LogP contribution in [0.1, 0.15) is 11.1 Å². The van der Waals surface area contributed by atoms with Gasteiger partial charge in [-0.25, -0.2) is 8.78 Å². The Morgan fingerprint density at radius 2 is 1.79 bits per heavy atom. The Kier molecular flexibility index (Phi) is 1.32. The zero-order valence-corrected chi connectivity index (χ0v) is 7.22. The van der Waals surface area contributed by atoms with Gasteiger partial charge in [-0.2, -0.15) is 0 Å². The van der Waals surface area contributed by atoms with Crippen molar-refractivity contribution < 1.29 is 8.78 Å². The van der Waals surface area contributed by atoms with Gasteiger partial charge in [-0.05, 0) is 23.1 Å². The van der Waals surface area contributed by atoms with E-state index in [4.69, 9.17) is 0 Å². The molecular formula is C12H6F2. The first-order valence-electron chi connectivity index (χ1n) is 4.36. The molecule has 0 saturated heterocycles. The summed E-state index contributed by atoms with van der Waals surface area (Å²) in [5, 5.41) is 1.56. The van der Waals surface area contributed by atoms with Crippen LogP contribution in [0.3, 0.4) is 0 Å². The summed E-state index contributed by atoms with van der Waals surface area (Å²) in [5.74, 6) is -0.967. The fourth-order valence-electron chi connectivity index (χ4n) is 1.94. The zero-order valence-electron chi connectivity index (χ0n) is 7.22. The summed E-state index contributed by atoms with van der Waals surface area (Å²) in [6, 6.07) is 8.46. The lowest BCUT2D eigenvalue weighted by molar-refractivity contribution is 0.618. The van der Waals surface area contributed by atoms with Gasteiger partial charge in [-0.1, -0.05) is 24.3 Å². The van der Waals surface area contributed by atoms with Crippen LogP contribution in [-0.2, 0) is 0 Å². The van der Waals surface area contributed by atoms with Crippen molar-refractivity contribution in [3.05, 3.63) is 47.3 Å². The molecule has 1 aliphatic rings. The van der Waals surface area contributed by atoms with E-state index in [9.17, 15) is 8.78 Å². The third-order valence-electron chi connectivity index (χ3n) is 2.55. The van der Waals surface area contributed by atoms with Crippen LogP contribution >= 0.6 is 0 Å². The predicted octanol–water partition coefficient (Wildman–Crippen LogP) is 3.76. The van der Waals surface area contributed by atoms with Gasteiger partial charge >= 0.3 is 0 Å². The van der Waals surface area contributed by atoms with Crippen molar-refractivity contribution in [2.75, 3.05) is 0 Å². The molecular weight excluding hydrogens is 182 g/mol. The summed E-state index contributed by atoms with van der Waals surface area (Å²) < 4.78 is 26.7. The molecule has 0 atom stereocenters. The Balaban J connectivity index is 2.60. The largest absolute Gasteiger partial charge is 0.206 e. The Morgan fingerprint density at radius 3 is 2.64 bits per heavy atom. The summed E-state index contributed by atoms with van der Waals surface area (Å²) in [5.41, 5.74) is 0.868. The van der Waals surface area contributed by atoms with Gasteiger partial charge in [0, 0.05) is 5.39 Å². The van der Waals surface area contributed by atoms with Crippen LogP contribution < -0.4 is 0 Å². The fourth-order valence-corrected chi connectivity index (χ4v) is 1.94. The molecule has 0 N–H and O–H groups in total. The van der Waals surface area contributed by atoms with Gasteiger partial charge in [0.2, 0.25) is 0 Å². The third kappa shape index (κ3) is 0.803. The Hall–Kier alpha value is -1.70. The monoisotopic (exact) mass is 188 g/mol. The van der Waals surface area contributed by atoms with E-state index < -0.39 is 11.6 Å². The minimum atomic E-state index is -0.490. The molecule has 68 valence electrons. The highest BCUT2D eigenvalue weighted by molar-refractivity contribution is 6.07. The second kappa shape index (κ2) is 2.41. The molecule has 0 radical (unpaired) electrons. The van der Waals surface area contributed by atoms with Crippen LogP contribution in [0.4, 0.5) is 8.78 Å². The number of benzene rings is 2. The third-order valence-corrected chi connectivity index (χ3v) is 2.55. The normalized spacial score (nSPS) is 13.4. The molecule has 0 heterocycles. The molecule has 0 unspecified atom stereocenters. The number of hydrogen-bond donors (Lipinski definition) is 0. The first kappa shape index (κ1) is 7.68. The van der Waals surface area contributed by atoms with Gasteiger partial charge in [0.05, 0.1) is 5.56 Å². The molecule has 0 amide bonds. The average molecular weight is 188 g/mol. The van der Waals surface area contributed by atoms with Gasteiger partial charge in [0.1, 0.15) is 11.6 Å². The molecule has 0 spiro atoms. The highest BCUT2D eigenvalue weighted by Crippen LogP contribution is 2.38. The van der Waals surface area contributed by atoms with Crippen molar-refractivity contribution in [3.63, 3.8) is 0 Å². The van der Waals surface area contributed by atoms with E-state index in [1.165, 1.54) is 12.1 Å². The van der Waals surface area contributed by atoms with Crippen molar-refractivity contribution in [1.82, 2.24) is 0 Å². The first-order valence-corrected chi connectivity index (χ1v) is 4.36. The standard InChI is InChI=1S/C12H6F2/c13-9-5-4-7-2-1-3-8-6-10(14)12(9)11(7)8/h1-6H. The fraction of sp³-hybridized carbons (Fsp3) is 0. The smallest absolute Gasteiger partial charge is 0.134 e. The summed E-state index contributed by atoms with van der Waals surface area (Å²) >= 11 is 0. The molecule has 0 saturated carbocycles. The van der Waals surface area contributed by atoms with E-state index in [1.54, 1.807) is 12.1 Å². The van der Waals surface area contributed by atoms with E-state index in [-0.39, 0.29) is 5.56 Å². The topological polar surface area (TPSA) is 0 Å². The first-order chi connectivity index (χ1) is 6.77. The van der Waals surface area contributed by atoms with E-state index in [0.717, 1.165) is 10.9 Å². The quantitative estimate of drug-likeness (QED) is 0.590. The molecule has 0 aromatic heterocycles. The number of hydrogen-bond acceptors (Lipinski definition) is 0. The Labute approximate surface area is 79.5 Å². The van der Waals surface area contributed by atoms with Crippen LogP contribution in [-0.4, -0.2) is 0 Å². The molecule has 0 fully saturated rings. The lowest BCUT2D eigenvalue weighted by atomic mass is 10.0. The highest BCUT2D eigenvalue weighted by atomic mass is 19.1. The second-order valence-corrected chi connectivity index (χ2v) is 3.36. The SMILES string of the molecule is FC1=Cc2cccc3ccc(F)c1c23. The van der Waals surface area contributed by atoms with Crippen molar-refractivity contribution in [1.29, 1.82) is 0 Å². The predicted molar refractivity (Wildman–Crippen MR) is 52.9 cm³/mol. The highest BCUT2D eigenvalue weighted by Gasteiger charge is 2.19. The van der Waals surface area contributed by atoms with Crippen molar-refractivity contribution >= 4 is 22.7 Å². The maximum Gasteiger partial charge on any atom is 0.134 e. The summed E-state index contributed by atoms with van der Waals surface area (Å²) in [6.45, 7) is 0. The Bertz CT molecular complexity index is 568. The van der Waals surface area contributed by atoms with E-state index >= 15 is 0 Å². The molecule has 0 bridgehead atoms. The van der Waals surface area contributed by atoms with Crippen LogP contribution in [0.15, 0.2) is 30.3 Å². The zero-order chi connectivity index (χ0) is 9.71. The minimum absolute atomic E-state index is 0.109. The van der Waals surface area contributed by atoms with Gasteiger partial charge < -0.3 is 0 Å². The molecule has 2 aromatic carbocycles. The summed E-state index contributed by atoms with van der Waals surface area (Å²) in [6.07, 6.45) is 1.38. The molecule has 0 aliphatic heterocycles.